The fraction of sp³-hybridized carbons (Fsp3) is 0.588. The van der Waals surface area contributed by atoms with Crippen LogP contribution in [0.15, 0.2) is 18.2 Å². The van der Waals surface area contributed by atoms with E-state index in [-0.39, 0.29) is 5.91 Å². The molecule has 4 heteroatoms. The first kappa shape index (κ1) is 14.5. The van der Waals surface area contributed by atoms with Gasteiger partial charge >= 0.3 is 0 Å². The third kappa shape index (κ3) is 3.27. The molecule has 21 heavy (non-hydrogen) atoms. The van der Waals surface area contributed by atoms with Crippen molar-refractivity contribution >= 4 is 5.91 Å². The van der Waals surface area contributed by atoms with Gasteiger partial charge in [-0.25, -0.2) is 0 Å². The van der Waals surface area contributed by atoms with E-state index in [0.717, 1.165) is 24.2 Å². The van der Waals surface area contributed by atoms with Gasteiger partial charge in [-0.05, 0) is 56.0 Å². The van der Waals surface area contributed by atoms with Crippen molar-refractivity contribution in [2.75, 3.05) is 39.4 Å². The first-order chi connectivity index (χ1) is 10.3. The van der Waals surface area contributed by atoms with Gasteiger partial charge in [0.05, 0.1) is 13.2 Å². The van der Waals surface area contributed by atoms with Crippen LogP contribution in [0.2, 0.25) is 0 Å². The molecule has 1 N–H and O–H groups in total. The van der Waals surface area contributed by atoms with Gasteiger partial charge in [0.2, 0.25) is 0 Å². The first-order valence-corrected chi connectivity index (χ1v) is 7.94. The number of amides is 1. The number of nitrogens with zero attached hydrogens (tertiary/aromatic N) is 1. The largest absolute Gasteiger partial charge is 0.378 e. The van der Waals surface area contributed by atoms with E-state index in [1.165, 1.54) is 18.4 Å². The Kier molecular flexibility index (Phi) is 4.56. The number of benzene rings is 1. The molecule has 2 heterocycles. The Morgan fingerprint density at radius 3 is 2.62 bits per heavy atom. The number of hydrogen-bond acceptors (Lipinski definition) is 3. The summed E-state index contributed by atoms with van der Waals surface area (Å²) in [4.78, 5) is 14.5. The van der Waals surface area contributed by atoms with Crippen molar-refractivity contribution in [3.63, 3.8) is 0 Å². The summed E-state index contributed by atoms with van der Waals surface area (Å²) in [5.74, 6) is 0.783. The lowest BCUT2D eigenvalue weighted by Gasteiger charge is -2.28. The maximum Gasteiger partial charge on any atom is 0.254 e. The highest BCUT2D eigenvalue weighted by Gasteiger charge is 2.21. The molecular formula is C17H24N2O2. The average molecular weight is 288 g/mol. The molecule has 0 spiro atoms. The topological polar surface area (TPSA) is 41.6 Å². The van der Waals surface area contributed by atoms with Gasteiger partial charge in [-0.3, -0.25) is 4.79 Å². The summed E-state index contributed by atoms with van der Waals surface area (Å²) in [6, 6.07) is 6.38. The zero-order valence-corrected chi connectivity index (χ0v) is 12.7. The minimum Gasteiger partial charge on any atom is -0.378 e. The Bertz CT molecular complexity index is 504. The van der Waals surface area contributed by atoms with Crippen molar-refractivity contribution in [1.29, 1.82) is 0 Å². The van der Waals surface area contributed by atoms with Crippen LogP contribution in [0.25, 0.3) is 0 Å². The molecule has 1 aromatic carbocycles. The Morgan fingerprint density at radius 2 is 1.95 bits per heavy atom. The van der Waals surface area contributed by atoms with E-state index in [2.05, 4.69) is 24.4 Å². The molecular weight excluding hydrogens is 264 g/mol. The summed E-state index contributed by atoms with van der Waals surface area (Å²) >= 11 is 0. The molecule has 2 aliphatic rings. The molecule has 1 amide bonds. The highest BCUT2D eigenvalue weighted by molar-refractivity contribution is 5.95. The van der Waals surface area contributed by atoms with Crippen LogP contribution in [-0.4, -0.2) is 50.2 Å². The molecule has 0 unspecified atom stereocenters. The highest BCUT2D eigenvalue weighted by atomic mass is 16.5. The van der Waals surface area contributed by atoms with Gasteiger partial charge < -0.3 is 15.0 Å². The minimum atomic E-state index is 0.146. The quantitative estimate of drug-likeness (QED) is 0.904. The van der Waals surface area contributed by atoms with E-state index in [1.807, 2.05) is 11.0 Å². The molecule has 2 aliphatic heterocycles. The molecule has 2 fully saturated rings. The number of hydrogen-bond donors (Lipinski definition) is 1. The number of rotatable bonds is 2. The van der Waals surface area contributed by atoms with Gasteiger partial charge in [0.15, 0.2) is 0 Å². The molecule has 0 aromatic heterocycles. The van der Waals surface area contributed by atoms with Crippen molar-refractivity contribution in [1.82, 2.24) is 10.2 Å². The van der Waals surface area contributed by atoms with Crippen LogP contribution < -0.4 is 5.32 Å². The number of carbonyl (C=O) groups is 1. The highest BCUT2D eigenvalue weighted by Crippen LogP contribution is 2.27. The van der Waals surface area contributed by atoms with Crippen LogP contribution in [0.1, 0.15) is 40.2 Å². The van der Waals surface area contributed by atoms with Gasteiger partial charge in [-0.1, -0.05) is 12.1 Å². The third-order valence-electron chi connectivity index (χ3n) is 4.59. The number of piperidine rings is 1. The molecule has 1 aromatic rings. The Morgan fingerprint density at radius 1 is 1.24 bits per heavy atom. The summed E-state index contributed by atoms with van der Waals surface area (Å²) < 4.78 is 5.31. The standard InChI is InChI=1S/C17H24N2O2/c1-13-12-15(14-4-6-18-7-5-14)2-3-16(13)17(20)19-8-10-21-11-9-19/h2-3,12,14,18H,4-11H2,1H3. The van der Waals surface area contributed by atoms with E-state index in [4.69, 9.17) is 4.74 Å². The van der Waals surface area contributed by atoms with Crippen molar-refractivity contribution in [3.8, 4) is 0 Å². The van der Waals surface area contributed by atoms with Gasteiger partial charge in [0.1, 0.15) is 0 Å². The number of ether oxygens (including phenoxy) is 1. The van der Waals surface area contributed by atoms with Crippen LogP contribution in [-0.2, 0) is 4.74 Å². The van der Waals surface area contributed by atoms with Crippen LogP contribution in [0, 0.1) is 6.92 Å². The number of aryl methyl sites for hydroxylation is 1. The molecule has 0 radical (unpaired) electrons. The monoisotopic (exact) mass is 288 g/mol. The second-order valence-electron chi connectivity index (χ2n) is 6.00. The number of morpholine rings is 1. The third-order valence-corrected chi connectivity index (χ3v) is 4.59. The second kappa shape index (κ2) is 6.58. The first-order valence-electron chi connectivity index (χ1n) is 7.94. The Labute approximate surface area is 126 Å². The Hall–Kier alpha value is -1.39. The molecule has 0 atom stereocenters. The maximum atomic E-state index is 12.6. The molecule has 0 bridgehead atoms. The number of nitrogens with one attached hydrogen (secondary N) is 1. The minimum absolute atomic E-state index is 0.146. The van der Waals surface area contributed by atoms with E-state index in [1.54, 1.807) is 0 Å². The summed E-state index contributed by atoms with van der Waals surface area (Å²) in [6.07, 6.45) is 2.38. The molecule has 4 nitrogen and oxygen atoms in total. The fourth-order valence-corrected chi connectivity index (χ4v) is 3.27. The maximum absolute atomic E-state index is 12.6. The van der Waals surface area contributed by atoms with Crippen LogP contribution >= 0.6 is 0 Å². The van der Waals surface area contributed by atoms with Crippen LogP contribution in [0.3, 0.4) is 0 Å². The van der Waals surface area contributed by atoms with E-state index < -0.39 is 0 Å². The lowest BCUT2D eigenvalue weighted by atomic mass is 9.88. The van der Waals surface area contributed by atoms with Gasteiger partial charge in [0.25, 0.3) is 5.91 Å². The molecule has 0 saturated carbocycles. The predicted molar refractivity (Wildman–Crippen MR) is 82.7 cm³/mol. The Balaban J connectivity index is 1.75. The van der Waals surface area contributed by atoms with Crippen molar-refractivity contribution in [3.05, 3.63) is 34.9 Å². The lowest BCUT2D eigenvalue weighted by molar-refractivity contribution is 0.0302. The van der Waals surface area contributed by atoms with Crippen molar-refractivity contribution < 1.29 is 9.53 Å². The zero-order valence-electron chi connectivity index (χ0n) is 12.7. The van der Waals surface area contributed by atoms with Gasteiger partial charge in [-0.2, -0.15) is 0 Å². The van der Waals surface area contributed by atoms with E-state index >= 15 is 0 Å². The second-order valence-corrected chi connectivity index (χ2v) is 6.00. The van der Waals surface area contributed by atoms with Gasteiger partial charge in [-0.15, -0.1) is 0 Å². The summed E-state index contributed by atoms with van der Waals surface area (Å²) in [5, 5.41) is 3.40. The van der Waals surface area contributed by atoms with Crippen molar-refractivity contribution in [2.24, 2.45) is 0 Å². The lowest BCUT2D eigenvalue weighted by Crippen LogP contribution is -2.41. The normalized spacial score (nSPS) is 20.5. The number of carbonyl (C=O) groups excluding carboxylic acids is 1. The zero-order chi connectivity index (χ0) is 14.7. The SMILES string of the molecule is Cc1cc(C2CCNCC2)ccc1C(=O)N1CCOCC1. The molecule has 0 aliphatic carbocycles. The summed E-state index contributed by atoms with van der Waals surface area (Å²) in [6.45, 7) is 6.95. The summed E-state index contributed by atoms with van der Waals surface area (Å²) in [5.41, 5.74) is 3.32. The molecule has 3 rings (SSSR count). The molecule has 114 valence electrons. The predicted octanol–water partition coefficient (Wildman–Crippen LogP) is 1.93. The van der Waals surface area contributed by atoms with Gasteiger partial charge in [0, 0.05) is 18.7 Å². The smallest absolute Gasteiger partial charge is 0.254 e. The summed E-state index contributed by atoms with van der Waals surface area (Å²) in [7, 11) is 0. The van der Waals surface area contributed by atoms with Crippen LogP contribution in [0.4, 0.5) is 0 Å². The fourth-order valence-electron chi connectivity index (χ4n) is 3.27. The van der Waals surface area contributed by atoms with Crippen LogP contribution in [0.5, 0.6) is 0 Å². The van der Waals surface area contributed by atoms with Crippen molar-refractivity contribution in [2.45, 2.75) is 25.7 Å². The average Bonchev–Trinajstić information content (AvgIpc) is 2.56. The van der Waals surface area contributed by atoms with E-state index in [9.17, 15) is 4.79 Å². The van der Waals surface area contributed by atoms with E-state index in [0.29, 0.717) is 32.2 Å². The molecule has 2 saturated heterocycles.